The van der Waals surface area contributed by atoms with Crippen molar-refractivity contribution >= 4 is 45.0 Å². The summed E-state index contributed by atoms with van der Waals surface area (Å²) in [6.07, 6.45) is 1.09. The van der Waals surface area contributed by atoms with Gasteiger partial charge in [-0.15, -0.1) is 0 Å². The van der Waals surface area contributed by atoms with Crippen LogP contribution in [0, 0.1) is 5.82 Å². The Morgan fingerprint density at radius 3 is 2.63 bits per heavy atom. The second kappa shape index (κ2) is 8.34. The molecule has 180 valence electrons. The van der Waals surface area contributed by atoms with Crippen LogP contribution in [-0.4, -0.2) is 31.3 Å². The Balaban J connectivity index is 1.92. The van der Waals surface area contributed by atoms with Crippen molar-refractivity contribution < 1.29 is 23.5 Å². The highest BCUT2D eigenvalue weighted by Crippen LogP contribution is 2.57. The number of hydrogen-bond acceptors (Lipinski definition) is 6. The molecule has 2 heterocycles. The van der Waals surface area contributed by atoms with Gasteiger partial charge in [0.05, 0.1) is 12.3 Å². The zero-order valence-electron chi connectivity index (χ0n) is 19.2. The van der Waals surface area contributed by atoms with Crippen molar-refractivity contribution in [3.8, 4) is 0 Å². The van der Waals surface area contributed by atoms with Gasteiger partial charge in [-0.2, -0.15) is 0 Å². The molecular weight excluding hydrogens is 517 g/mol. The molecule has 0 radical (unpaired) electrons. The van der Waals surface area contributed by atoms with E-state index in [1.165, 1.54) is 21.9 Å². The largest absolute Gasteiger partial charge is 0.462 e. The maximum atomic E-state index is 15.2. The molecule has 2 aromatic carbocycles. The molecule has 5 rings (SSSR count). The van der Waals surface area contributed by atoms with Crippen LogP contribution in [0.3, 0.4) is 0 Å². The number of para-hydroxylation sites is 1. The van der Waals surface area contributed by atoms with Crippen molar-refractivity contribution in [2.24, 2.45) is 5.73 Å². The lowest BCUT2D eigenvalue weighted by Crippen LogP contribution is -2.54. The second-order valence-electron chi connectivity index (χ2n) is 8.64. The molecule has 1 unspecified atom stereocenters. The quantitative estimate of drug-likeness (QED) is 0.591. The number of hydrogen-bond donors (Lipinski definition) is 1. The molecule has 3 aliphatic rings. The number of allylic oxidation sites excluding steroid dienone is 1. The fraction of sp³-hybridized carbons (Fsp3) is 0.269. The van der Waals surface area contributed by atoms with E-state index in [1.807, 2.05) is 0 Å². The number of amides is 1. The molecule has 2 N–H and O–H groups in total. The zero-order chi connectivity index (χ0) is 25.1. The predicted molar refractivity (Wildman–Crippen MR) is 132 cm³/mol. The van der Waals surface area contributed by atoms with Crippen LogP contribution in [0.4, 0.5) is 15.8 Å². The van der Waals surface area contributed by atoms with Gasteiger partial charge in [-0.3, -0.25) is 14.5 Å². The van der Waals surface area contributed by atoms with Crippen molar-refractivity contribution in [1.82, 2.24) is 0 Å². The molecule has 1 aliphatic carbocycles. The van der Waals surface area contributed by atoms with Crippen LogP contribution in [0.5, 0.6) is 0 Å². The SMILES string of the molecule is CCOC(=O)C1=C(N)N(c2ccc(Br)cc2F)C2=C(C(=O)CCC2)C12C(=O)N(C)c1ccccc12. The number of fused-ring (bicyclic) bond motifs is 3. The minimum atomic E-state index is -1.77. The molecule has 0 saturated carbocycles. The molecule has 2 aromatic rings. The van der Waals surface area contributed by atoms with Crippen molar-refractivity contribution in [3.05, 3.63) is 81.0 Å². The summed E-state index contributed by atoms with van der Waals surface area (Å²) in [7, 11) is 1.60. The van der Waals surface area contributed by atoms with Crippen molar-refractivity contribution in [3.63, 3.8) is 0 Å². The minimum absolute atomic E-state index is 0.0316. The number of rotatable bonds is 3. The highest BCUT2D eigenvalue weighted by Gasteiger charge is 2.63. The van der Waals surface area contributed by atoms with Gasteiger partial charge >= 0.3 is 5.97 Å². The average molecular weight is 540 g/mol. The molecular formula is C26H23BrFN3O4. The number of likely N-dealkylation sites (N-methyl/N-ethyl adjacent to an activating group) is 1. The molecule has 9 heteroatoms. The number of anilines is 2. The Morgan fingerprint density at radius 1 is 1.17 bits per heavy atom. The number of nitrogens with two attached hydrogens (primary N) is 1. The molecule has 0 aromatic heterocycles. The second-order valence-corrected chi connectivity index (χ2v) is 9.56. The standard InChI is InChI=1S/C26H23BrFN3O4/c1-3-35-24(33)22-23(29)31(18-12-11-14(27)13-16(18)28)19-9-6-10-20(32)21(19)26(22)15-7-4-5-8-17(15)30(2)25(26)34/h4-5,7-8,11-13H,3,6,9-10,29H2,1-2H3. The van der Waals surface area contributed by atoms with Crippen LogP contribution in [0.1, 0.15) is 31.7 Å². The van der Waals surface area contributed by atoms with Gasteiger partial charge in [0, 0.05) is 40.5 Å². The van der Waals surface area contributed by atoms with Gasteiger partial charge in [-0.25, -0.2) is 9.18 Å². The lowest BCUT2D eigenvalue weighted by atomic mass is 9.63. The van der Waals surface area contributed by atoms with E-state index >= 15 is 4.39 Å². The molecule has 0 bridgehead atoms. The molecule has 1 spiro atoms. The number of benzene rings is 2. The Hall–Kier alpha value is -3.46. The molecule has 1 amide bonds. The maximum absolute atomic E-state index is 15.2. The Labute approximate surface area is 210 Å². The zero-order valence-corrected chi connectivity index (χ0v) is 20.8. The van der Waals surface area contributed by atoms with E-state index < -0.39 is 23.1 Å². The topological polar surface area (TPSA) is 92.9 Å². The summed E-state index contributed by atoms with van der Waals surface area (Å²) in [5.41, 5.74) is 6.45. The highest BCUT2D eigenvalue weighted by atomic mass is 79.9. The number of carbonyl (C=O) groups is 3. The van der Waals surface area contributed by atoms with Crippen LogP contribution in [0.25, 0.3) is 0 Å². The first-order valence-electron chi connectivity index (χ1n) is 11.3. The number of nitrogens with zero attached hydrogens (tertiary/aromatic N) is 2. The first-order valence-corrected chi connectivity index (χ1v) is 12.1. The smallest absolute Gasteiger partial charge is 0.339 e. The summed E-state index contributed by atoms with van der Waals surface area (Å²) < 4.78 is 21.1. The summed E-state index contributed by atoms with van der Waals surface area (Å²) in [5.74, 6) is -2.29. The fourth-order valence-electron chi connectivity index (χ4n) is 5.49. The van der Waals surface area contributed by atoms with E-state index in [4.69, 9.17) is 10.5 Å². The third kappa shape index (κ3) is 3.10. The van der Waals surface area contributed by atoms with Crippen molar-refractivity contribution in [2.45, 2.75) is 31.6 Å². The maximum Gasteiger partial charge on any atom is 0.339 e. The summed E-state index contributed by atoms with van der Waals surface area (Å²) in [4.78, 5) is 44.1. The van der Waals surface area contributed by atoms with Gasteiger partial charge < -0.3 is 15.4 Å². The van der Waals surface area contributed by atoms with Crippen molar-refractivity contribution in [2.75, 3.05) is 23.5 Å². The summed E-state index contributed by atoms with van der Waals surface area (Å²) >= 11 is 3.26. The van der Waals surface area contributed by atoms with Crippen LogP contribution >= 0.6 is 15.9 Å². The predicted octanol–water partition coefficient (Wildman–Crippen LogP) is 4.06. The third-order valence-electron chi connectivity index (χ3n) is 6.83. The Bertz CT molecular complexity index is 1370. The molecule has 0 fully saturated rings. The normalized spacial score (nSPS) is 21.6. The highest BCUT2D eigenvalue weighted by molar-refractivity contribution is 9.10. The fourth-order valence-corrected chi connectivity index (χ4v) is 5.83. The molecule has 7 nitrogen and oxygen atoms in total. The van der Waals surface area contributed by atoms with E-state index in [-0.39, 0.29) is 41.5 Å². The van der Waals surface area contributed by atoms with Crippen LogP contribution in [0.15, 0.2) is 69.6 Å². The summed E-state index contributed by atoms with van der Waals surface area (Å²) in [5, 5.41) is 0. The summed E-state index contributed by atoms with van der Waals surface area (Å²) in [6.45, 7) is 1.67. The van der Waals surface area contributed by atoms with Gasteiger partial charge in [-0.05, 0) is 44.0 Å². The molecule has 0 saturated heterocycles. The van der Waals surface area contributed by atoms with E-state index in [9.17, 15) is 14.4 Å². The number of ether oxygens (including phenoxy) is 1. The first kappa shape index (κ1) is 23.3. The Morgan fingerprint density at radius 2 is 1.91 bits per heavy atom. The lowest BCUT2D eigenvalue weighted by Gasteiger charge is -2.44. The lowest BCUT2D eigenvalue weighted by molar-refractivity contribution is -0.140. The number of carbonyl (C=O) groups excluding carboxylic acids is 3. The van der Waals surface area contributed by atoms with Gasteiger partial charge in [0.2, 0.25) is 5.91 Å². The van der Waals surface area contributed by atoms with Crippen molar-refractivity contribution in [1.29, 1.82) is 0 Å². The average Bonchev–Trinajstić information content (AvgIpc) is 3.03. The number of ketones is 1. The molecule has 2 aliphatic heterocycles. The summed E-state index contributed by atoms with van der Waals surface area (Å²) in [6, 6.07) is 11.5. The number of Topliss-reactive ketones (excluding diaryl/α,β-unsaturated/α-hetero) is 1. The van der Waals surface area contributed by atoms with Gasteiger partial charge in [0.25, 0.3) is 0 Å². The van der Waals surface area contributed by atoms with Gasteiger partial charge in [-0.1, -0.05) is 34.1 Å². The first-order chi connectivity index (χ1) is 16.7. The third-order valence-corrected chi connectivity index (χ3v) is 7.32. The Kier molecular flexibility index (Phi) is 5.55. The van der Waals surface area contributed by atoms with Crippen LogP contribution < -0.4 is 15.5 Å². The van der Waals surface area contributed by atoms with E-state index in [0.29, 0.717) is 34.3 Å². The molecule has 35 heavy (non-hydrogen) atoms. The van der Waals surface area contributed by atoms with Gasteiger partial charge in [0.15, 0.2) is 5.78 Å². The van der Waals surface area contributed by atoms with Crippen LogP contribution in [-0.2, 0) is 24.5 Å². The van der Waals surface area contributed by atoms with E-state index in [2.05, 4.69) is 15.9 Å². The van der Waals surface area contributed by atoms with E-state index in [0.717, 1.165) is 0 Å². The number of halogens is 2. The van der Waals surface area contributed by atoms with Gasteiger partial charge in [0.1, 0.15) is 22.6 Å². The number of esters is 1. The minimum Gasteiger partial charge on any atom is -0.462 e. The van der Waals surface area contributed by atoms with Crippen LogP contribution in [0.2, 0.25) is 0 Å². The monoisotopic (exact) mass is 539 g/mol. The van der Waals surface area contributed by atoms with E-state index in [1.54, 1.807) is 44.3 Å². The molecule has 1 atom stereocenters.